The molecule has 3 heterocycles. The van der Waals surface area contributed by atoms with Gasteiger partial charge in [0.05, 0.1) is 0 Å². The van der Waals surface area contributed by atoms with Gasteiger partial charge in [0.2, 0.25) is 11.7 Å². The molecule has 0 saturated heterocycles. The van der Waals surface area contributed by atoms with Crippen molar-refractivity contribution in [1.82, 2.24) is 25.5 Å². The van der Waals surface area contributed by atoms with E-state index >= 15 is 0 Å². The van der Waals surface area contributed by atoms with Crippen LogP contribution in [-0.4, -0.2) is 51.3 Å². The maximum absolute atomic E-state index is 14.1. The Labute approximate surface area is 235 Å². The molecule has 0 unspecified atom stereocenters. The summed E-state index contributed by atoms with van der Waals surface area (Å²) >= 11 is 0. The maximum atomic E-state index is 14.1. The molecule has 4 aromatic rings. The van der Waals surface area contributed by atoms with Crippen LogP contribution in [0.4, 0.5) is 10.1 Å². The second-order valence-corrected chi connectivity index (χ2v) is 10.1. The van der Waals surface area contributed by atoms with Crippen molar-refractivity contribution in [2.45, 2.75) is 51.2 Å². The molecular formula is C29H29FN6O5. The van der Waals surface area contributed by atoms with E-state index in [0.717, 1.165) is 30.5 Å². The molecular weight excluding hydrogens is 531 g/mol. The summed E-state index contributed by atoms with van der Waals surface area (Å²) in [6.45, 7) is 2.24. The van der Waals surface area contributed by atoms with Gasteiger partial charge in [-0.1, -0.05) is 25.0 Å². The van der Waals surface area contributed by atoms with Crippen LogP contribution in [0.5, 0.6) is 11.5 Å². The number of hydrogen-bond acceptors (Lipinski definition) is 8. The number of nitrogens with zero attached hydrogens (tertiary/aromatic N) is 5. The van der Waals surface area contributed by atoms with Crippen molar-refractivity contribution < 1.29 is 27.9 Å². The fraction of sp³-hybridized carbons (Fsp3) is 0.345. The summed E-state index contributed by atoms with van der Waals surface area (Å²) in [5, 5.41) is 15.5. The summed E-state index contributed by atoms with van der Waals surface area (Å²) in [7, 11) is 0. The maximum Gasteiger partial charge on any atom is 0.251 e. The summed E-state index contributed by atoms with van der Waals surface area (Å²) in [5.41, 5.74) is 0.848. The summed E-state index contributed by atoms with van der Waals surface area (Å²) in [6, 6.07) is 13.0. The number of fused-ring (bicyclic) bond motifs is 1. The molecule has 1 aliphatic heterocycles. The smallest absolute Gasteiger partial charge is 0.251 e. The van der Waals surface area contributed by atoms with Crippen LogP contribution < -0.4 is 19.7 Å². The molecule has 41 heavy (non-hydrogen) atoms. The average molecular weight is 561 g/mol. The number of rotatable bonds is 8. The molecule has 212 valence electrons. The van der Waals surface area contributed by atoms with Gasteiger partial charge < -0.3 is 19.2 Å². The Morgan fingerprint density at radius 2 is 1.80 bits per heavy atom. The van der Waals surface area contributed by atoms with E-state index in [2.05, 4.69) is 20.7 Å². The van der Waals surface area contributed by atoms with E-state index in [1.54, 1.807) is 37.3 Å². The number of aryl methyl sites for hydroxylation is 1. The number of carbonyl (C=O) groups excluding carboxylic acids is 2. The Morgan fingerprint density at radius 3 is 2.54 bits per heavy atom. The summed E-state index contributed by atoms with van der Waals surface area (Å²) in [5.74, 6) is 1.02. The number of aromatic nitrogens is 4. The highest BCUT2D eigenvalue weighted by atomic mass is 19.1. The van der Waals surface area contributed by atoms with Gasteiger partial charge >= 0.3 is 0 Å². The quantitative estimate of drug-likeness (QED) is 0.343. The third-order valence-corrected chi connectivity index (χ3v) is 7.16. The first-order valence-corrected chi connectivity index (χ1v) is 13.6. The molecule has 1 atom stereocenters. The number of benzene rings is 2. The standard InChI is InChI=1S/C29H29FN6O5/c1-18-6-12-24(41-18)28-32-34-35(33-28)17-26(37)36(22-11-13-23-25(16-22)40-15-14-39-23)27(19-7-9-20(30)10-8-19)29(38)31-21-4-2-3-5-21/h6-13,16,21,27H,2-5,14-15,17H2,1H3,(H,31,38)/t27-/m0/s1. The first kappa shape index (κ1) is 26.5. The van der Waals surface area contributed by atoms with Crippen LogP contribution in [0.1, 0.15) is 43.0 Å². The molecule has 2 amide bonds. The number of nitrogens with one attached hydrogen (secondary N) is 1. The third-order valence-electron chi connectivity index (χ3n) is 7.16. The highest BCUT2D eigenvalue weighted by Crippen LogP contribution is 2.37. The summed E-state index contributed by atoms with van der Waals surface area (Å²) in [4.78, 5) is 30.5. The van der Waals surface area contributed by atoms with E-state index in [1.807, 2.05) is 0 Å². The fourth-order valence-corrected chi connectivity index (χ4v) is 5.19. The molecule has 2 aromatic carbocycles. The van der Waals surface area contributed by atoms with Crippen molar-refractivity contribution in [2.75, 3.05) is 18.1 Å². The fourth-order valence-electron chi connectivity index (χ4n) is 5.19. The summed E-state index contributed by atoms with van der Waals surface area (Å²) < 4.78 is 30.9. The zero-order chi connectivity index (χ0) is 28.3. The molecule has 11 nitrogen and oxygen atoms in total. The first-order chi connectivity index (χ1) is 19.9. The number of furan rings is 1. The minimum atomic E-state index is -1.11. The van der Waals surface area contributed by atoms with Crippen molar-refractivity contribution in [3.8, 4) is 23.1 Å². The predicted molar refractivity (Wildman–Crippen MR) is 145 cm³/mol. The number of tetrazole rings is 1. The number of anilines is 1. The first-order valence-electron chi connectivity index (χ1n) is 13.6. The minimum Gasteiger partial charge on any atom is -0.486 e. The van der Waals surface area contributed by atoms with Crippen LogP contribution in [0.2, 0.25) is 0 Å². The van der Waals surface area contributed by atoms with Gasteiger partial charge in [-0.3, -0.25) is 14.5 Å². The van der Waals surface area contributed by atoms with Gasteiger partial charge in [0.25, 0.3) is 5.91 Å². The van der Waals surface area contributed by atoms with Crippen molar-refractivity contribution in [1.29, 1.82) is 0 Å². The van der Waals surface area contributed by atoms with Crippen molar-refractivity contribution in [3.05, 3.63) is 71.7 Å². The second-order valence-electron chi connectivity index (χ2n) is 10.1. The largest absolute Gasteiger partial charge is 0.486 e. The monoisotopic (exact) mass is 560 g/mol. The SMILES string of the molecule is Cc1ccc(-c2nnn(CC(=O)N(c3ccc4c(c3)OCCO4)[C@H](C(=O)NC3CCCC3)c3ccc(F)cc3)n2)o1. The molecule has 0 radical (unpaired) electrons. The lowest BCUT2D eigenvalue weighted by Gasteiger charge is -2.33. The summed E-state index contributed by atoms with van der Waals surface area (Å²) in [6.07, 6.45) is 3.76. The molecule has 0 bridgehead atoms. The highest BCUT2D eigenvalue weighted by molar-refractivity contribution is 6.01. The molecule has 1 aliphatic carbocycles. The van der Waals surface area contributed by atoms with Crippen LogP contribution in [0.3, 0.4) is 0 Å². The van der Waals surface area contributed by atoms with E-state index < -0.39 is 17.8 Å². The zero-order valence-electron chi connectivity index (χ0n) is 22.5. The second kappa shape index (κ2) is 11.4. The predicted octanol–water partition coefficient (Wildman–Crippen LogP) is 3.99. The van der Waals surface area contributed by atoms with Crippen molar-refractivity contribution in [2.24, 2.45) is 0 Å². The molecule has 1 saturated carbocycles. The Morgan fingerprint density at radius 1 is 1.05 bits per heavy atom. The van der Waals surface area contributed by atoms with Crippen molar-refractivity contribution >= 4 is 17.5 Å². The van der Waals surface area contributed by atoms with Gasteiger partial charge in [-0.2, -0.15) is 4.80 Å². The van der Waals surface area contributed by atoms with Gasteiger partial charge in [0, 0.05) is 17.8 Å². The zero-order valence-corrected chi connectivity index (χ0v) is 22.5. The van der Waals surface area contributed by atoms with Gasteiger partial charge in [0.15, 0.2) is 17.3 Å². The highest BCUT2D eigenvalue weighted by Gasteiger charge is 2.35. The number of amides is 2. The van der Waals surface area contributed by atoms with E-state index in [1.165, 1.54) is 29.2 Å². The number of hydrogen-bond donors (Lipinski definition) is 1. The lowest BCUT2D eigenvalue weighted by atomic mass is 10.0. The number of ether oxygens (including phenoxy) is 2. The molecule has 2 aromatic heterocycles. The van der Waals surface area contributed by atoms with Crippen LogP contribution in [0.25, 0.3) is 11.6 Å². The van der Waals surface area contributed by atoms with Crippen molar-refractivity contribution in [3.63, 3.8) is 0 Å². The molecule has 1 fully saturated rings. The number of carbonyl (C=O) groups is 2. The number of halogens is 1. The molecule has 0 spiro atoms. The van der Waals surface area contributed by atoms with E-state index in [9.17, 15) is 14.0 Å². The van der Waals surface area contributed by atoms with E-state index in [-0.39, 0.29) is 24.3 Å². The normalized spacial score (nSPS) is 15.5. The molecule has 2 aliphatic rings. The Hall–Kier alpha value is -4.74. The molecule has 6 rings (SSSR count). The van der Waals surface area contributed by atoms with Gasteiger partial charge in [0.1, 0.15) is 37.4 Å². The molecule has 12 heteroatoms. The minimum absolute atomic E-state index is 0.000963. The lowest BCUT2D eigenvalue weighted by molar-refractivity contribution is -0.127. The van der Waals surface area contributed by atoms with E-state index in [0.29, 0.717) is 47.5 Å². The van der Waals surface area contributed by atoms with Crippen LogP contribution in [0, 0.1) is 12.7 Å². The Bertz CT molecular complexity index is 1550. The van der Waals surface area contributed by atoms with Gasteiger partial charge in [-0.25, -0.2) is 4.39 Å². The van der Waals surface area contributed by atoms with Crippen LogP contribution >= 0.6 is 0 Å². The van der Waals surface area contributed by atoms with Crippen LogP contribution in [0.15, 0.2) is 59.0 Å². The average Bonchev–Trinajstić information content (AvgIpc) is 3.75. The van der Waals surface area contributed by atoms with Crippen LogP contribution in [-0.2, 0) is 16.1 Å². The van der Waals surface area contributed by atoms with Gasteiger partial charge in [-0.05, 0) is 66.9 Å². The van der Waals surface area contributed by atoms with E-state index in [4.69, 9.17) is 13.9 Å². The van der Waals surface area contributed by atoms with Gasteiger partial charge in [-0.15, -0.1) is 10.2 Å². The lowest BCUT2D eigenvalue weighted by Crippen LogP contribution is -2.47. The third kappa shape index (κ3) is 5.76. The molecule has 1 N–H and O–H groups in total. The topological polar surface area (TPSA) is 125 Å². The Balaban J connectivity index is 1.38. The Kier molecular flexibility index (Phi) is 7.36.